The first-order valence-corrected chi connectivity index (χ1v) is 8.99. The minimum atomic E-state index is 0.184. The second-order valence-electron chi connectivity index (χ2n) is 7.97. The molecule has 22 heavy (non-hydrogen) atoms. The van der Waals surface area contributed by atoms with Gasteiger partial charge in [0.15, 0.2) is 0 Å². The molecule has 1 aliphatic carbocycles. The van der Waals surface area contributed by atoms with E-state index in [0.29, 0.717) is 0 Å². The van der Waals surface area contributed by atoms with Gasteiger partial charge >= 0.3 is 0 Å². The van der Waals surface area contributed by atoms with Crippen molar-refractivity contribution < 1.29 is 0 Å². The minimum Gasteiger partial charge on any atom is -0.355 e. The molecule has 0 radical (unpaired) electrons. The summed E-state index contributed by atoms with van der Waals surface area (Å²) in [7, 11) is 0. The molecule has 0 unspecified atom stereocenters. The molecule has 0 N–H and O–H groups in total. The molecule has 3 nitrogen and oxygen atoms in total. The Kier molecular flexibility index (Phi) is 4.72. The summed E-state index contributed by atoms with van der Waals surface area (Å²) in [6.07, 6.45) is 9.02. The summed E-state index contributed by atoms with van der Waals surface area (Å²) in [4.78, 5) is 9.95. The molecule has 122 valence electrons. The number of rotatable bonds is 2. The fourth-order valence-corrected chi connectivity index (χ4v) is 3.82. The third-order valence-electron chi connectivity index (χ3n) is 5.31. The fourth-order valence-electron chi connectivity index (χ4n) is 3.82. The van der Waals surface area contributed by atoms with Gasteiger partial charge in [-0.15, -0.1) is 0 Å². The lowest BCUT2D eigenvalue weighted by Gasteiger charge is -2.27. The number of anilines is 1. The van der Waals surface area contributed by atoms with E-state index in [9.17, 15) is 0 Å². The van der Waals surface area contributed by atoms with Crippen LogP contribution in [0.2, 0.25) is 0 Å². The Hall–Kier alpha value is -1.09. The lowest BCUT2D eigenvalue weighted by atomic mass is 9.88. The quantitative estimate of drug-likeness (QED) is 0.827. The third-order valence-corrected chi connectivity index (χ3v) is 5.31. The normalized spacial score (nSPS) is 22.0. The van der Waals surface area contributed by atoms with Crippen molar-refractivity contribution in [3.05, 3.63) is 23.9 Å². The number of nitrogens with zero attached hydrogens (tertiary/aromatic N) is 3. The molecule has 0 atom stereocenters. The van der Waals surface area contributed by atoms with Crippen molar-refractivity contribution in [2.24, 2.45) is 0 Å². The second-order valence-corrected chi connectivity index (χ2v) is 7.97. The first-order chi connectivity index (χ1) is 10.5. The summed E-state index contributed by atoms with van der Waals surface area (Å²) in [5.41, 5.74) is 1.50. The monoisotopic (exact) mass is 301 g/mol. The highest BCUT2D eigenvalue weighted by atomic mass is 15.3. The maximum Gasteiger partial charge on any atom is 0.128 e. The molecule has 0 spiro atoms. The van der Waals surface area contributed by atoms with E-state index < -0.39 is 0 Å². The Morgan fingerprint density at radius 2 is 1.73 bits per heavy atom. The zero-order chi connectivity index (χ0) is 15.6. The van der Waals surface area contributed by atoms with Crippen LogP contribution in [-0.4, -0.2) is 42.1 Å². The summed E-state index contributed by atoms with van der Waals surface area (Å²) in [6, 6.07) is 5.32. The summed E-state index contributed by atoms with van der Waals surface area (Å²) < 4.78 is 0. The van der Waals surface area contributed by atoms with Crippen molar-refractivity contribution >= 4 is 5.82 Å². The fraction of sp³-hybridized carbons (Fsp3) is 0.737. The van der Waals surface area contributed by atoms with Gasteiger partial charge in [0, 0.05) is 38.4 Å². The predicted octanol–water partition coefficient (Wildman–Crippen LogP) is 3.83. The maximum atomic E-state index is 4.74. The first-order valence-electron chi connectivity index (χ1n) is 8.99. The van der Waals surface area contributed by atoms with Gasteiger partial charge in [0.1, 0.15) is 5.82 Å². The number of pyridine rings is 1. The highest BCUT2D eigenvalue weighted by Gasteiger charge is 2.25. The van der Waals surface area contributed by atoms with Crippen molar-refractivity contribution in [1.29, 1.82) is 0 Å². The molecule has 0 amide bonds. The van der Waals surface area contributed by atoms with Crippen LogP contribution in [0.5, 0.6) is 0 Å². The van der Waals surface area contributed by atoms with Gasteiger partial charge in [0.2, 0.25) is 0 Å². The zero-order valence-corrected chi connectivity index (χ0v) is 14.5. The van der Waals surface area contributed by atoms with E-state index in [-0.39, 0.29) is 5.41 Å². The van der Waals surface area contributed by atoms with Crippen LogP contribution in [0.1, 0.15) is 58.4 Å². The van der Waals surface area contributed by atoms with E-state index in [0.717, 1.165) is 24.9 Å². The summed E-state index contributed by atoms with van der Waals surface area (Å²) in [6.45, 7) is 11.5. The van der Waals surface area contributed by atoms with Crippen LogP contribution in [0.4, 0.5) is 5.82 Å². The molecular weight excluding hydrogens is 270 g/mol. The number of hydrogen-bond acceptors (Lipinski definition) is 3. The largest absolute Gasteiger partial charge is 0.355 e. The highest BCUT2D eigenvalue weighted by molar-refractivity contribution is 5.40. The third kappa shape index (κ3) is 3.62. The van der Waals surface area contributed by atoms with Crippen molar-refractivity contribution in [3.8, 4) is 0 Å². The Labute approximate surface area is 135 Å². The zero-order valence-electron chi connectivity index (χ0n) is 14.5. The Bertz CT molecular complexity index is 468. The molecule has 1 saturated heterocycles. The van der Waals surface area contributed by atoms with Crippen molar-refractivity contribution in [3.63, 3.8) is 0 Å². The second kappa shape index (κ2) is 6.57. The average molecular weight is 301 g/mol. The van der Waals surface area contributed by atoms with Gasteiger partial charge in [-0.05, 0) is 36.3 Å². The molecule has 2 fully saturated rings. The van der Waals surface area contributed by atoms with Crippen LogP contribution in [-0.2, 0) is 5.41 Å². The van der Waals surface area contributed by atoms with E-state index in [1.54, 1.807) is 0 Å². The van der Waals surface area contributed by atoms with E-state index >= 15 is 0 Å². The van der Waals surface area contributed by atoms with Crippen molar-refractivity contribution in [1.82, 2.24) is 9.88 Å². The van der Waals surface area contributed by atoms with Crippen LogP contribution >= 0.6 is 0 Å². The van der Waals surface area contributed by atoms with Gasteiger partial charge in [0.05, 0.1) is 0 Å². The molecule has 1 aromatic heterocycles. The van der Waals surface area contributed by atoms with E-state index in [2.05, 4.69) is 48.9 Å². The van der Waals surface area contributed by atoms with Crippen LogP contribution in [0, 0.1) is 0 Å². The Balaban J connectivity index is 1.63. The molecule has 0 bridgehead atoms. The summed E-state index contributed by atoms with van der Waals surface area (Å²) in [5.74, 6) is 1.15. The van der Waals surface area contributed by atoms with Gasteiger partial charge in [-0.1, -0.05) is 39.7 Å². The Morgan fingerprint density at radius 3 is 2.36 bits per heavy atom. The van der Waals surface area contributed by atoms with Crippen LogP contribution in [0.15, 0.2) is 18.3 Å². The average Bonchev–Trinajstić information content (AvgIpc) is 2.91. The lowest BCUT2D eigenvalue weighted by molar-refractivity contribution is 0.213. The molecule has 2 heterocycles. The van der Waals surface area contributed by atoms with Crippen LogP contribution in [0.3, 0.4) is 0 Å². The molecule has 1 aromatic rings. The summed E-state index contributed by atoms with van der Waals surface area (Å²) >= 11 is 0. The minimum absolute atomic E-state index is 0.184. The van der Waals surface area contributed by atoms with E-state index in [4.69, 9.17) is 4.98 Å². The van der Waals surface area contributed by atoms with E-state index in [1.165, 1.54) is 50.8 Å². The van der Waals surface area contributed by atoms with Crippen molar-refractivity contribution in [2.75, 3.05) is 31.1 Å². The lowest BCUT2D eigenvalue weighted by Crippen LogP contribution is -2.37. The number of hydrogen-bond donors (Lipinski definition) is 0. The van der Waals surface area contributed by atoms with Gasteiger partial charge in [-0.25, -0.2) is 4.98 Å². The molecule has 1 saturated carbocycles. The smallest absolute Gasteiger partial charge is 0.128 e. The van der Waals surface area contributed by atoms with Gasteiger partial charge < -0.3 is 4.90 Å². The number of aromatic nitrogens is 1. The molecule has 3 heteroatoms. The predicted molar refractivity (Wildman–Crippen MR) is 93.6 cm³/mol. The SMILES string of the molecule is CC(C)(C)c1ccc(N2CCCN(C3CCCC3)CC2)nc1. The standard InChI is InChI=1S/C19H31N3/c1-19(2,3)16-9-10-18(20-15-16)22-12-6-11-21(13-14-22)17-7-4-5-8-17/h9-10,15,17H,4-8,11-14H2,1-3H3. The topological polar surface area (TPSA) is 19.4 Å². The van der Waals surface area contributed by atoms with Gasteiger partial charge in [0.25, 0.3) is 0 Å². The summed E-state index contributed by atoms with van der Waals surface area (Å²) in [5, 5.41) is 0. The van der Waals surface area contributed by atoms with E-state index in [1.807, 2.05) is 0 Å². The van der Waals surface area contributed by atoms with Gasteiger partial charge in [-0.2, -0.15) is 0 Å². The molecule has 3 rings (SSSR count). The van der Waals surface area contributed by atoms with Gasteiger partial charge in [-0.3, -0.25) is 4.90 Å². The van der Waals surface area contributed by atoms with Crippen LogP contribution in [0.25, 0.3) is 0 Å². The van der Waals surface area contributed by atoms with Crippen LogP contribution < -0.4 is 4.90 Å². The molecular formula is C19H31N3. The maximum absolute atomic E-state index is 4.74. The molecule has 0 aromatic carbocycles. The first kappa shape index (κ1) is 15.8. The highest BCUT2D eigenvalue weighted by Crippen LogP contribution is 2.26. The van der Waals surface area contributed by atoms with Crippen molar-refractivity contribution in [2.45, 2.75) is 64.3 Å². The molecule has 2 aliphatic rings. The molecule has 1 aliphatic heterocycles. The Morgan fingerprint density at radius 1 is 0.955 bits per heavy atom.